The molecule has 0 spiro atoms. The fraction of sp³-hybridized carbons (Fsp3) is 0.375. The lowest BCUT2D eigenvalue weighted by Crippen LogP contribution is -2.30. The van der Waals surface area contributed by atoms with Crippen LogP contribution in [0.1, 0.15) is 39.7 Å². The number of nitrogens with one attached hydrogen (secondary N) is 1. The number of nitrogens with two attached hydrogens (primary N) is 1. The second-order valence-corrected chi connectivity index (χ2v) is 5.37. The second-order valence-electron chi connectivity index (χ2n) is 5.37. The van der Waals surface area contributed by atoms with E-state index < -0.39 is 0 Å². The van der Waals surface area contributed by atoms with Crippen molar-refractivity contribution in [2.24, 2.45) is 5.84 Å². The van der Waals surface area contributed by atoms with Crippen LogP contribution in [-0.2, 0) is 6.42 Å². The summed E-state index contributed by atoms with van der Waals surface area (Å²) in [6.45, 7) is 8.16. The van der Waals surface area contributed by atoms with Gasteiger partial charge in [-0.3, -0.25) is 11.3 Å². The van der Waals surface area contributed by atoms with Gasteiger partial charge in [0, 0.05) is 0 Å². The molecule has 4 nitrogen and oxygen atoms in total. The Hall–Kier alpha value is -1.78. The third-order valence-electron chi connectivity index (χ3n) is 3.73. The molecule has 0 aliphatic heterocycles. The van der Waals surface area contributed by atoms with Gasteiger partial charge in [-0.1, -0.05) is 18.2 Å². The zero-order valence-corrected chi connectivity index (χ0v) is 12.6. The van der Waals surface area contributed by atoms with E-state index in [2.05, 4.69) is 47.7 Å². The van der Waals surface area contributed by atoms with Gasteiger partial charge < -0.3 is 0 Å². The molecule has 0 amide bonds. The number of hydrogen-bond acceptors (Lipinski definition) is 4. The van der Waals surface area contributed by atoms with Gasteiger partial charge >= 0.3 is 0 Å². The Kier molecular flexibility index (Phi) is 4.47. The van der Waals surface area contributed by atoms with Crippen LogP contribution in [0.2, 0.25) is 0 Å². The van der Waals surface area contributed by atoms with Crippen molar-refractivity contribution in [2.75, 3.05) is 0 Å². The fourth-order valence-corrected chi connectivity index (χ4v) is 2.35. The van der Waals surface area contributed by atoms with Crippen LogP contribution in [0.25, 0.3) is 0 Å². The highest BCUT2D eigenvalue weighted by molar-refractivity contribution is 5.32. The zero-order chi connectivity index (χ0) is 14.7. The maximum Gasteiger partial charge on any atom is 0.0648 e. The van der Waals surface area contributed by atoms with Gasteiger partial charge in [0.05, 0.1) is 17.4 Å². The van der Waals surface area contributed by atoms with Crippen LogP contribution in [-0.4, -0.2) is 10.2 Å². The molecule has 0 saturated heterocycles. The van der Waals surface area contributed by atoms with Crippen molar-refractivity contribution in [3.05, 3.63) is 57.9 Å². The first kappa shape index (κ1) is 14.6. The SMILES string of the molecule is Cc1cc(C(Cc2ccc(C)c(C)c2)NN)c(C)nn1. The lowest BCUT2D eigenvalue weighted by Gasteiger charge is -2.18. The summed E-state index contributed by atoms with van der Waals surface area (Å²) in [6, 6.07) is 8.63. The van der Waals surface area contributed by atoms with E-state index in [9.17, 15) is 0 Å². The molecule has 1 heterocycles. The summed E-state index contributed by atoms with van der Waals surface area (Å²) in [5.74, 6) is 5.74. The fourth-order valence-electron chi connectivity index (χ4n) is 2.35. The average Bonchev–Trinajstić information content (AvgIpc) is 2.43. The highest BCUT2D eigenvalue weighted by atomic mass is 15.2. The van der Waals surface area contributed by atoms with Crippen molar-refractivity contribution in [3.63, 3.8) is 0 Å². The van der Waals surface area contributed by atoms with E-state index in [0.717, 1.165) is 23.4 Å². The van der Waals surface area contributed by atoms with E-state index in [4.69, 9.17) is 5.84 Å². The molecular weight excluding hydrogens is 248 g/mol. The third-order valence-corrected chi connectivity index (χ3v) is 3.73. The lowest BCUT2D eigenvalue weighted by molar-refractivity contribution is 0.544. The molecule has 0 radical (unpaired) electrons. The Morgan fingerprint density at radius 2 is 1.80 bits per heavy atom. The Bertz CT molecular complexity index is 607. The standard InChI is InChI=1S/C16H22N4/c1-10-5-6-14(7-11(10)2)9-16(18-17)15-8-12(3)19-20-13(15)4/h5-8,16,18H,9,17H2,1-4H3. The molecule has 0 aliphatic carbocycles. The maximum absolute atomic E-state index is 5.74. The summed E-state index contributed by atoms with van der Waals surface area (Å²) in [6.07, 6.45) is 0.837. The minimum Gasteiger partial charge on any atom is -0.271 e. The molecule has 106 valence electrons. The van der Waals surface area contributed by atoms with Gasteiger partial charge in [-0.05, 0) is 62.4 Å². The average molecular weight is 270 g/mol. The van der Waals surface area contributed by atoms with Crippen LogP contribution in [0.4, 0.5) is 0 Å². The summed E-state index contributed by atoms with van der Waals surface area (Å²) in [7, 11) is 0. The first-order valence-corrected chi connectivity index (χ1v) is 6.84. The molecular formula is C16H22N4. The zero-order valence-electron chi connectivity index (χ0n) is 12.6. The summed E-state index contributed by atoms with van der Waals surface area (Å²) in [5.41, 5.74) is 9.72. The Balaban J connectivity index is 2.28. The minimum atomic E-state index is 0.0475. The largest absolute Gasteiger partial charge is 0.271 e. The van der Waals surface area contributed by atoms with Gasteiger partial charge in [-0.2, -0.15) is 10.2 Å². The van der Waals surface area contributed by atoms with Crippen molar-refractivity contribution in [2.45, 2.75) is 40.2 Å². The van der Waals surface area contributed by atoms with Crippen LogP contribution < -0.4 is 11.3 Å². The Labute approximate surface area is 120 Å². The van der Waals surface area contributed by atoms with E-state index in [0.29, 0.717) is 0 Å². The Morgan fingerprint density at radius 1 is 1.05 bits per heavy atom. The molecule has 0 aliphatic rings. The van der Waals surface area contributed by atoms with E-state index in [1.54, 1.807) is 0 Å². The number of aryl methyl sites for hydroxylation is 4. The van der Waals surface area contributed by atoms with Gasteiger partial charge in [-0.25, -0.2) is 0 Å². The Morgan fingerprint density at radius 3 is 2.45 bits per heavy atom. The van der Waals surface area contributed by atoms with Crippen molar-refractivity contribution in [3.8, 4) is 0 Å². The van der Waals surface area contributed by atoms with Crippen LogP contribution in [0.5, 0.6) is 0 Å². The van der Waals surface area contributed by atoms with E-state index in [1.807, 2.05) is 19.9 Å². The van der Waals surface area contributed by atoms with Gasteiger partial charge in [0.1, 0.15) is 0 Å². The highest BCUT2D eigenvalue weighted by Crippen LogP contribution is 2.21. The molecule has 1 atom stereocenters. The molecule has 2 aromatic rings. The number of aromatic nitrogens is 2. The van der Waals surface area contributed by atoms with Crippen molar-refractivity contribution in [1.29, 1.82) is 0 Å². The first-order chi connectivity index (χ1) is 9.51. The van der Waals surface area contributed by atoms with Crippen molar-refractivity contribution < 1.29 is 0 Å². The molecule has 4 heteroatoms. The smallest absolute Gasteiger partial charge is 0.0648 e. The van der Waals surface area contributed by atoms with Crippen LogP contribution in [0.3, 0.4) is 0 Å². The molecule has 0 fully saturated rings. The summed E-state index contributed by atoms with van der Waals surface area (Å²) < 4.78 is 0. The molecule has 1 aromatic carbocycles. The number of hydrazine groups is 1. The molecule has 3 N–H and O–H groups in total. The van der Waals surface area contributed by atoms with Gasteiger partial charge in [0.25, 0.3) is 0 Å². The maximum atomic E-state index is 5.74. The number of hydrogen-bond donors (Lipinski definition) is 2. The topological polar surface area (TPSA) is 63.8 Å². The lowest BCUT2D eigenvalue weighted by atomic mass is 9.96. The third kappa shape index (κ3) is 3.21. The van der Waals surface area contributed by atoms with Gasteiger partial charge in [0.15, 0.2) is 0 Å². The summed E-state index contributed by atoms with van der Waals surface area (Å²) in [4.78, 5) is 0. The van der Waals surface area contributed by atoms with E-state index in [-0.39, 0.29) is 6.04 Å². The van der Waals surface area contributed by atoms with E-state index in [1.165, 1.54) is 16.7 Å². The summed E-state index contributed by atoms with van der Waals surface area (Å²) >= 11 is 0. The molecule has 0 bridgehead atoms. The van der Waals surface area contributed by atoms with Crippen LogP contribution >= 0.6 is 0 Å². The number of rotatable bonds is 4. The number of benzene rings is 1. The monoisotopic (exact) mass is 270 g/mol. The van der Waals surface area contributed by atoms with Gasteiger partial charge in [0.2, 0.25) is 0 Å². The molecule has 2 rings (SSSR count). The first-order valence-electron chi connectivity index (χ1n) is 6.84. The second kappa shape index (κ2) is 6.11. The normalized spacial score (nSPS) is 12.4. The van der Waals surface area contributed by atoms with Crippen molar-refractivity contribution in [1.82, 2.24) is 15.6 Å². The predicted molar refractivity (Wildman–Crippen MR) is 81.2 cm³/mol. The van der Waals surface area contributed by atoms with Crippen molar-refractivity contribution >= 4 is 0 Å². The van der Waals surface area contributed by atoms with E-state index >= 15 is 0 Å². The molecule has 0 saturated carbocycles. The summed E-state index contributed by atoms with van der Waals surface area (Å²) in [5, 5.41) is 8.25. The van der Waals surface area contributed by atoms with Gasteiger partial charge in [-0.15, -0.1) is 0 Å². The quantitative estimate of drug-likeness (QED) is 0.661. The molecule has 20 heavy (non-hydrogen) atoms. The van der Waals surface area contributed by atoms with Crippen LogP contribution in [0, 0.1) is 27.7 Å². The minimum absolute atomic E-state index is 0.0475. The number of nitrogens with zero attached hydrogens (tertiary/aromatic N) is 2. The molecule has 1 aromatic heterocycles. The molecule has 1 unspecified atom stereocenters. The highest BCUT2D eigenvalue weighted by Gasteiger charge is 2.15. The van der Waals surface area contributed by atoms with Crippen LogP contribution in [0.15, 0.2) is 24.3 Å². The predicted octanol–water partition coefficient (Wildman–Crippen LogP) is 2.46.